The molecule has 108 valence electrons. The quantitative estimate of drug-likeness (QED) is 0.587. The normalized spacial score (nSPS) is 10.5. The number of nitrogens with one attached hydrogen (secondary N) is 2. The van der Waals surface area contributed by atoms with Gasteiger partial charge in [-0.1, -0.05) is 29.8 Å². The molecule has 0 atom stereocenters. The molecule has 2 rings (SSSR count). The maximum atomic E-state index is 11.6. The number of phenolic OH excluding ortho intramolecular Hbond substituents is 1. The van der Waals surface area contributed by atoms with Crippen LogP contribution in [0.5, 0.6) is 5.75 Å². The highest BCUT2D eigenvalue weighted by Gasteiger charge is 1.99. The van der Waals surface area contributed by atoms with E-state index in [1.165, 1.54) is 6.21 Å². The Morgan fingerprint density at radius 3 is 2.81 bits per heavy atom. The molecule has 0 fully saturated rings. The number of anilines is 1. The fourth-order valence-electron chi connectivity index (χ4n) is 1.60. The number of hydrogen-bond acceptors (Lipinski definition) is 4. The Labute approximate surface area is 127 Å². The first-order chi connectivity index (χ1) is 10.1. The van der Waals surface area contributed by atoms with Crippen molar-refractivity contribution in [3.05, 3.63) is 59.1 Å². The molecular weight excluding hydrogens is 290 g/mol. The van der Waals surface area contributed by atoms with Gasteiger partial charge >= 0.3 is 0 Å². The Hall–Kier alpha value is -2.53. The highest BCUT2D eigenvalue weighted by molar-refractivity contribution is 6.30. The molecule has 0 aliphatic carbocycles. The lowest BCUT2D eigenvalue weighted by Crippen LogP contribution is -2.25. The van der Waals surface area contributed by atoms with Crippen LogP contribution in [0.1, 0.15) is 5.56 Å². The first-order valence-corrected chi connectivity index (χ1v) is 6.61. The van der Waals surface area contributed by atoms with Crippen LogP contribution in [0.3, 0.4) is 0 Å². The summed E-state index contributed by atoms with van der Waals surface area (Å²) in [5.41, 5.74) is 3.84. The first-order valence-electron chi connectivity index (χ1n) is 6.24. The predicted octanol–water partition coefficient (Wildman–Crippen LogP) is 2.61. The third-order valence-corrected chi connectivity index (χ3v) is 2.79. The number of hydrazone groups is 1. The molecule has 0 radical (unpaired) electrons. The Morgan fingerprint density at radius 2 is 2.05 bits per heavy atom. The number of carbonyl (C=O) groups is 1. The van der Waals surface area contributed by atoms with E-state index in [1.54, 1.807) is 42.5 Å². The molecule has 21 heavy (non-hydrogen) atoms. The Morgan fingerprint density at radius 1 is 1.24 bits per heavy atom. The molecule has 3 N–H and O–H groups in total. The van der Waals surface area contributed by atoms with Crippen LogP contribution < -0.4 is 10.7 Å². The van der Waals surface area contributed by atoms with Crippen LogP contribution in [0.2, 0.25) is 5.02 Å². The molecule has 0 aliphatic heterocycles. The molecule has 6 heteroatoms. The standard InChI is InChI=1S/C15H14ClN3O2/c16-12-4-2-5-13(8-12)17-10-15(21)19-18-9-11-3-1-6-14(20)7-11/h1-9,17,20H,10H2,(H,19,21). The predicted molar refractivity (Wildman–Crippen MR) is 83.8 cm³/mol. The molecule has 0 unspecified atom stereocenters. The van der Waals surface area contributed by atoms with E-state index in [-0.39, 0.29) is 18.2 Å². The number of phenols is 1. The van der Waals surface area contributed by atoms with Gasteiger partial charge in [0.25, 0.3) is 5.91 Å². The summed E-state index contributed by atoms with van der Waals surface area (Å²) in [6.45, 7) is 0.0811. The topological polar surface area (TPSA) is 73.7 Å². The second kappa shape index (κ2) is 7.31. The zero-order valence-corrected chi connectivity index (χ0v) is 11.8. The SMILES string of the molecule is O=C(CNc1cccc(Cl)c1)NN=Cc1cccc(O)c1. The van der Waals surface area contributed by atoms with Crippen molar-refractivity contribution in [3.63, 3.8) is 0 Å². The molecule has 0 saturated carbocycles. The maximum Gasteiger partial charge on any atom is 0.259 e. The number of aromatic hydroxyl groups is 1. The lowest BCUT2D eigenvalue weighted by atomic mass is 10.2. The fraction of sp³-hybridized carbons (Fsp3) is 0.0667. The van der Waals surface area contributed by atoms with Gasteiger partial charge in [-0.05, 0) is 35.9 Å². The van der Waals surface area contributed by atoms with E-state index in [1.807, 2.05) is 6.07 Å². The zero-order chi connectivity index (χ0) is 15.1. The third-order valence-electron chi connectivity index (χ3n) is 2.55. The van der Waals surface area contributed by atoms with E-state index in [4.69, 9.17) is 11.6 Å². The summed E-state index contributed by atoms with van der Waals surface area (Å²) < 4.78 is 0. The van der Waals surface area contributed by atoms with Crippen LogP contribution >= 0.6 is 11.6 Å². The molecule has 1 amide bonds. The van der Waals surface area contributed by atoms with Gasteiger partial charge in [0.15, 0.2) is 0 Å². The van der Waals surface area contributed by atoms with Gasteiger partial charge in [0.1, 0.15) is 5.75 Å². The van der Waals surface area contributed by atoms with Gasteiger partial charge in [-0.15, -0.1) is 0 Å². The van der Waals surface area contributed by atoms with Crippen molar-refractivity contribution in [2.24, 2.45) is 5.10 Å². The third kappa shape index (κ3) is 5.16. The molecule has 2 aromatic rings. The number of hydrogen-bond donors (Lipinski definition) is 3. The average molecular weight is 304 g/mol. The van der Waals surface area contributed by atoms with Crippen LogP contribution in [0.15, 0.2) is 53.6 Å². The summed E-state index contributed by atoms with van der Waals surface area (Å²) in [5, 5.41) is 16.6. The van der Waals surface area contributed by atoms with Gasteiger partial charge < -0.3 is 10.4 Å². The van der Waals surface area contributed by atoms with Gasteiger partial charge in [0.2, 0.25) is 0 Å². The van der Waals surface area contributed by atoms with Crippen molar-refractivity contribution in [1.82, 2.24) is 5.43 Å². The molecule has 2 aromatic carbocycles. The summed E-state index contributed by atoms with van der Waals surface area (Å²) in [4.78, 5) is 11.6. The molecule has 0 bridgehead atoms. The Kier molecular flexibility index (Phi) is 5.17. The number of nitrogens with zero attached hydrogens (tertiary/aromatic N) is 1. The van der Waals surface area contributed by atoms with Crippen LogP contribution in [-0.4, -0.2) is 23.8 Å². The summed E-state index contributed by atoms with van der Waals surface area (Å²) in [6, 6.07) is 13.7. The zero-order valence-electron chi connectivity index (χ0n) is 11.1. The number of amides is 1. The van der Waals surface area contributed by atoms with Gasteiger partial charge in [-0.25, -0.2) is 5.43 Å². The van der Waals surface area contributed by atoms with E-state index < -0.39 is 0 Å². The Balaban J connectivity index is 1.80. The largest absolute Gasteiger partial charge is 0.508 e. The second-order valence-electron chi connectivity index (χ2n) is 4.25. The fourth-order valence-corrected chi connectivity index (χ4v) is 1.79. The molecule has 0 aromatic heterocycles. The van der Waals surface area contributed by atoms with E-state index >= 15 is 0 Å². The summed E-state index contributed by atoms with van der Waals surface area (Å²) >= 11 is 5.84. The van der Waals surface area contributed by atoms with Gasteiger partial charge in [0.05, 0.1) is 12.8 Å². The lowest BCUT2D eigenvalue weighted by molar-refractivity contribution is -0.119. The lowest BCUT2D eigenvalue weighted by Gasteiger charge is -2.05. The van der Waals surface area contributed by atoms with Crippen molar-refractivity contribution in [2.45, 2.75) is 0 Å². The minimum absolute atomic E-state index is 0.0811. The Bertz CT molecular complexity index is 659. The van der Waals surface area contributed by atoms with Gasteiger partial charge in [-0.3, -0.25) is 4.79 Å². The van der Waals surface area contributed by atoms with Crippen LogP contribution in [0.25, 0.3) is 0 Å². The minimum atomic E-state index is -0.286. The van der Waals surface area contributed by atoms with Crippen molar-refractivity contribution in [2.75, 3.05) is 11.9 Å². The molecule has 0 aliphatic rings. The monoisotopic (exact) mass is 303 g/mol. The number of rotatable bonds is 5. The maximum absolute atomic E-state index is 11.6. The highest BCUT2D eigenvalue weighted by Crippen LogP contribution is 2.14. The first kappa shape index (κ1) is 14.9. The van der Waals surface area contributed by atoms with Crippen molar-refractivity contribution in [3.8, 4) is 5.75 Å². The molecule has 0 saturated heterocycles. The van der Waals surface area contributed by atoms with E-state index in [0.29, 0.717) is 10.6 Å². The molecule has 0 spiro atoms. The van der Waals surface area contributed by atoms with Crippen LogP contribution in [0.4, 0.5) is 5.69 Å². The molecule has 5 nitrogen and oxygen atoms in total. The second-order valence-corrected chi connectivity index (χ2v) is 4.69. The summed E-state index contributed by atoms with van der Waals surface area (Å²) in [6.07, 6.45) is 1.46. The molecule has 0 heterocycles. The van der Waals surface area contributed by atoms with E-state index in [0.717, 1.165) is 5.69 Å². The van der Waals surface area contributed by atoms with Crippen LogP contribution in [0, 0.1) is 0 Å². The van der Waals surface area contributed by atoms with Crippen molar-refractivity contribution >= 4 is 29.4 Å². The average Bonchev–Trinajstić information content (AvgIpc) is 2.45. The number of carbonyl (C=O) groups excluding carboxylic acids is 1. The summed E-state index contributed by atoms with van der Waals surface area (Å²) in [5.74, 6) is -0.140. The van der Waals surface area contributed by atoms with Crippen molar-refractivity contribution < 1.29 is 9.90 Å². The van der Waals surface area contributed by atoms with E-state index in [9.17, 15) is 9.90 Å². The van der Waals surface area contributed by atoms with Crippen molar-refractivity contribution in [1.29, 1.82) is 0 Å². The van der Waals surface area contributed by atoms with Gasteiger partial charge in [-0.2, -0.15) is 5.10 Å². The highest BCUT2D eigenvalue weighted by atomic mass is 35.5. The van der Waals surface area contributed by atoms with E-state index in [2.05, 4.69) is 15.8 Å². The summed E-state index contributed by atoms with van der Waals surface area (Å²) in [7, 11) is 0. The number of halogens is 1. The van der Waals surface area contributed by atoms with Gasteiger partial charge in [0, 0.05) is 10.7 Å². The minimum Gasteiger partial charge on any atom is -0.508 e. The van der Waals surface area contributed by atoms with Crippen LogP contribution in [-0.2, 0) is 4.79 Å². The molecular formula is C15H14ClN3O2. The number of benzene rings is 2. The smallest absolute Gasteiger partial charge is 0.259 e.